The first-order chi connectivity index (χ1) is 39.8. The molecule has 0 amide bonds. The van der Waals surface area contributed by atoms with Crippen LogP contribution in [-0.2, 0) is 79.4 Å². The van der Waals surface area contributed by atoms with E-state index in [0.717, 1.165) is 62.5 Å². The molecule has 0 aliphatic rings. The quantitative estimate of drug-likeness (QED) is 0.0121. The van der Waals surface area contributed by atoms with Crippen LogP contribution in [0.5, 0.6) is 0 Å². The number of rotatable bonds is 19. The number of carbonyl (C=O) groups is 2. The normalized spacial score (nSPS) is 13.1. The van der Waals surface area contributed by atoms with Crippen molar-refractivity contribution in [2.75, 3.05) is 31.5 Å². The van der Waals surface area contributed by atoms with Crippen LogP contribution < -0.4 is 21.9 Å². The molecule has 30 heteroatoms. The molecule has 87 heavy (non-hydrogen) atoms. The van der Waals surface area contributed by atoms with Crippen LogP contribution >= 0.6 is 0 Å². The Hall–Kier alpha value is -6.49. The minimum absolute atomic E-state index is 0.00673. The second-order valence-electron chi connectivity index (χ2n) is 20.0. The van der Waals surface area contributed by atoms with Gasteiger partial charge in [-0.1, -0.05) is 131 Å². The molecule has 0 aromatic heterocycles. The lowest BCUT2D eigenvalue weighted by Crippen LogP contribution is -2.75. The van der Waals surface area contributed by atoms with Crippen LogP contribution in [0.4, 0.5) is 105 Å². The number of benzene rings is 5. The SMILES string of the molecule is CCCCCCOC(=O)C(C(=O)OCCCCCC)=C(C[S+](C)C)c1ccccc1.FC(F)(F)c1cc([B-](c2cc(C(F)(F)F)cc(C(F)(F)F)c2)(c2cc(C(F)(F)F)cc(C(F)(F)F)c2)c2cc(C(F)(F)F)cc(C(F)(F)F)c2)cc(C(F)(F)F)c1. The molecule has 0 bridgehead atoms. The molecule has 0 unspecified atom stereocenters. The molecule has 0 N–H and O–H groups in total. The van der Waals surface area contributed by atoms with Crippen molar-refractivity contribution >= 4 is 56.4 Å². The summed E-state index contributed by atoms with van der Waals surface area (Å²) in [7, 11) is 0.00673. The van der Waals surface area contributed by atoms with Gasteiger partial charge >= 0.3 is 61.3 Å². The van der Waals surface area contributed by atoms with Crippen molar-refractivity contribution < 1.29 is 124 Å². The van der Waals surface area contributed by atoms with Gasteiger partial charge in [-0.15, -0.1) is 0 Å². The van der Waals surface area contributed by atoms with E-state index in [1.54, 1.807) is 0 Å². The molecular weight excluding hydrogens is 1250 g/mol. The topological polar surface area (TPSA) is 52.6 Å². The lowest BCUT2D eigenvalue weighted by molar-refractivity contribution is -0.148. The molecule has 0 aliphatic heterocycles. The van der Waals surface area contributed by atoms with Crippen molar-refractivity contribution in [3.8, 4) is 0 Å². The van der Waals surface area contributed by atoms with E-state index in [2.05, 4.69) is 26.4 Å². The third-order valence-corrected chi connectivity index (χ3v) is 14.0. The fourth-order valence-electron chi connectivity index (χ4n) is 9.16. The molecule has 0 saturated heterocycles. The summed E-state index contributed by atoms with van der Waals surface area (Å²) in [5, 5.41) is 0. The molecular formula is C57H51BF24O4S. The lowest BCUT2D eigenvalue weighted by atomic mass is 9.12. The fraction of sp³-hybridized carbons (Fsp3) is 0.404. The summed E-state index contributed by atoms with van der Waals surface area (Å²) in [5.41, 5.74) is -28.5. The number of carbonyl (C=O) groups excluding carboxylic acids is 2. The van der Waals surface area contributed by atoms with E-state index in [9.17, 15) is 115 Å². The average molecular weight is 1300 g/mol. The number of hydrogen-bond donors (Lipinski definition) is 0. The van der Waals surface area contributed by atoms with Gasteiger partial charge in [0.15, 0.2) is 5.57 Å². The Morgan fingerprint density at radius 3 is 0.816 bits per heavy atom. The van der Waals surface area contributed by atoms with Gasteiger partial charge in [-0.25, -0.2) is 9.59 Å². The van der Waals surface area contributed by atoms with Gasteiger partial charge in [-0.3, -0.25) is 0 Å². The molecule has 480 valence electrons. The van der Waals surface area contributed by atoms with Crippen LogP contribution in [0.1, 0.15) is 115 Å². The van der Waals surface area contributed by atoms with E-state index < -0.39 is 207 Å². The van der Waals surface area contributed by atoms with E-state index in [1.165, 1.54) is 0 Å². The van der Waals surface area contributed by atoms with Crippen LogP contribution in [0, 0.1) is 0 Å². The maximum Gasteiger partial charge on any atom is 0.416 e. The number of alkyl halides is 24. The standard InChI is InChI=1S/C32H12BF24.C25H39O4S/c34-25(35,36)13-1-14(26(37,38)39)6-21(5-13)33(22-7-15(27(40,41)42)2-16(8-22)28(43,44)45,23-9-17(29(46,47)48)3-18(10-23)30(49,50)51)24-11-19(31(52,53)54)4-20(12-24)32(55,56)57;1-5-7-9-14-18-28-24(26)23(25(27)29-19-15-10-8-6-2)22(20-30(3)4)21-16-12-11-13-17-21/h1-12H;11-13,16-17H,5-10,14-15,18-20H2,1-4H3/q-1;+1. The zero-order valence-electron chi connectivity index (χ0n) is 45.8. The minimum Gasteiger partial charge on any atom is -0.462 e. The molecule has 0 saturated carbocycles. The monoisotopic (exact) mass is 1300 g/mol. The molecule has 0 fully saturated rings. The van der Waals surface area contributed by atoms with Crippen molar-refractivity contribution in [1.29, 1.82) is 0 Å². The van der Waals surface area contributed by atoms with Crippen LogP contribution in [0.15, 0.2) is 109 Å². The summed E-state index contributed by atoms with van der Waals surface area (Å²) in [5.74, 6) is -0.487. The zero-order valence-corrected chi connectivity index (χ0v) is 46.6. The van der Waals surface area contributed by atoms with Crippen molar-refractivity contribution in [3.63, 3.8) is 0 Å². The summed E-state index contributed by atoms with van der Waals surface area (Å²) in [4.78, 5) is 25.9. The van der Waals surface area contributed by atoms with Gasteiger partial charge in [-0.2, -0.15) is 127 Å². The Morgan fingerprint density at radius 2 is 0.609 bits per heavy atom. The second kappa shape index (κ2) is 28.3. The first kappa shape index (κ1) is 73.0. The second-order valence-corrected chi connectivity index (χ2v) is 22.2. The van der Waals surface area contributed by atoms with Gasteiger partial charge in [0.05, 0.1) is 70.2 Å². The molecule has 5 rings (SSSR count). The molecule has 0 spiro atoms. The number of esters is 2. The Balaban J connectivity index is 0.000000455. The number of halogens is 24. The smallest absolute Gasteiger partial charge is 0.416 e. The summed E-state index contributed by atoms with van der Waals surface area (Å²) >= 11 is 0. The van der Waals surface area contributed by atoms with Crippen LogP contribution in [0.2, 0.25) is 0 Å². The Morgan fingerprint density at radius 1 is 0.368 bits per heavy atom. The molecule has 0 heterocycles. The van der Waals surface area contributed by atoms with Gasteiger partial charge in [0.25, 0.3) is 0 Å². The molecule has 0 radical (unpaired) electrons. The van der Waals surface area contributed by atoms with Gasteiger partial charge in [0.1, 0.15) is 11.9 Å². The Kier molecular flexibility index (Phi) is 23.8. The maximum atomic E-state index is 14.2. The van der Waals surface area contributed by atoms with E-state index >= 15 is 0 Å². The van der Waals surface area contributed by atoms with Crippen molar-refractivity contribution in [1.82, 2.24) is 0 Å². The van der Waals surface area contributed by atoms with Gasteiger partial charge in [0, 0.05) is 5.57 Å². The highest BCUT2D eigenvalue weighted by molar-refractivity contribution is 7.95. The largest absolute Gasteiger partial charge is 0.462 e. The third-order valence-electron chi connectivity index (χ3n) is 13.2. The number of ether oxygens (including phenoxy) is 2. The van der Waals surface area contributed by atoms with Gasteiger partial charge < -0.3 is 9.47 Å². The highest BCUT2D eigenvalue weighted by atomic mass is 32.2. The van der Waals surface area contributed by atoms with Gasteiger partial charge in [-0.05, 0) is 53.6 Å². The fourth-order valence-corrected chi connectivity index (χ4v) is 10.0. The number of unbranched alkanes of at least 4 members (excludes halogenated alkanes) is 6. The molecule has 0 aliphatic carbocycles. The van der Waals surface area contributed by atoms with Crippen LogP contribution in [-0.4, -0.2) is 49.6 Å². The summed E-state index contributed by atoms with van der Waals surface area (Å²) in [6, 6.07) is 0.827. The molecule has 5 aromatic carbocycles. The minimum atomic E-state index is -6.13. The van der Waals surface area contributed by atoms with Gasteiger partial charge in [0.2, 0.25) is 0 Å². The lowest BCUT2D eigenvalue weighted by Gasteiger charge is -2.46. The third kappa shape index (κ3) is 19.8. The van der Waals surface area contributed by atoms with Crippen molar-refractivity contribution in [2.24, 2.45) is 0 Å². The number of hydrogen-bond acceptors (Lipinski definition) is 4. The average Bonchev–Trinajstić information content (AvgIpc) is 0.730. The summed E-state index contributed by atoms with van der Waals surface area (Å²) < 4.78 is 352. The first-order valence-corrected chi connectivity index (χ1v) is 28.0. The van der Waals surface area contributed by atoms with E-state index in [0.29, 0.717) is 19.0 Å². The predicted molar refractivity (Wildman–Crippen MR) is 278 cm³/mol. The summed E-state index contributed by atoms with van der Waals surface area (Å²) in [6.07, 6.45) is -42.5. The molecule has 5 aromatic rings. The zero-order chi connectivity index (χ0) is 66.1. The van der Waals surface area contributed by atoms with Crippen molar-refractivity contribution in [2.45, 2.75) is 115 Å². The van der Waals surface area contributed by atoms with E-state index in [4.69, 9.17) is 9.47 Å². The highest BCUT2D eigenvalue weighted by Crippen LogP contribution is 2.42. The van der Waals surface area contributed by atoms with Crippen molar-refractivity contribution in [3.05, 3.63) is 159 Å². The van der Waals surface area contributed by atoms with Crippen LogP contribution in [0.25, 0.3) is 5.57 Å². The van der Waals surface area contributed by atoms with Crippen LogP contribution in [0.3, 0.4) is 0 Å². The molecule has 4 nitrogen and oxygen atoms in total. The summed E-state index contributed by atoms with van der Waals surface area (Å²) in [6.45, 7) is 4.95. The molecule has 0 atom stereocenters. The van der Waals surface area contributed by atoms with E-state index in [1.807, 2.05) is 30.3 Å². The predicted octanol–water partition coefficient (Wildman–Crippen LogP) is 16.8. The van der Waals surface area contributed by atoms with E-state index in [-0.39, 0.29) is 16.5 Å². The first-order valence-electron chi connectivity index (χ1n) is 25.8. The Bertz CT molecular complexity index is 2700. The Labute approximate surface area is 484 Å². The highest BCUT2D eigenvalue weighted by Gasteiger charge is 2.47. The maximum absolute atomic E-state index is 14.2.